The summed E-state index contributed by atoms with van der Waals surface area (Å²) in [6.07, 6.45) is 6.35. The van der Waals surface area contributed by atoms with Crippen LogP contribution in [0.15, 0.2) is 73.8 Å². The van der Waals surface area contributed by atoms with Crippen molar-refractivity contribution < 1.29 is 4.42 Å². The zero-order valence-electron chi connectivity index (χ0n) is 15.1. The number of fused-ring (bicyclic) bond motifs is 2. The fourth-order valence-electron chi connectivity index (χ4n) is 3.24. The molecule has 28 heavy (non-hydrogen) atoms. The molecule has 4 aromatic rings. The number of benzene rings is 2. The van der Waals surface area contributed by atoms with Crippen LogP contribution in [0.1, 0.15) is 25.7 Å². The Balaban J connectivity index is 1.34. The van der Waals surface area contributed by atoms with Crippen LogP contribution in [0, 0.1) is 0 Å². The highest BCUT2D eigenvalue weighted by atomic mass is 32.2. The van der Waals surface area contributed by atoms with E-state index in [4.69, 9.17) is 4.42 Å². The van der Waals surface area contributed by atoms with Gasteiger partial charge in [-0.3, -0.25) is 5.43 Å². The molecule has 0 atom stereocenters. The first kappa shape index (κ1) is 17.5. The second-order valence-electron chi connectivity index (χ2n) is 6.56. The Labute approximate surface area is 170 Å². The van der Waals surface area contributed by atoms with E-state index in [-0.39, 0.29) is 0 Å². The van der Waals surface area contributed by atoms with E-state index >= 15 is 0 Å². The molecule has 2 aromatic carbocycles. The van der Waals surface area contributed by atoms with Gasteiger partial charge in [0.15, 0.2) is 5.58 Å². The number of thiazole rings is 1. The van der Waals surface area contributed by atoms with Gasteiger partial charge < -0.3 is 4.42 Å². The van der Waals surface area contributed by atoms with Crippen molar-refractivity contribution in [2.24, 2.45) is 5.10 Å². The summed E-state index contributed by atoms with van der Waals surface area (Å²) in [5.74, 6) is 0. The van der Waals surface area contributed by atoms with E-state index in [2.05, 4.69) is 26.6 Å². The van der Waals surface area contributed by atoms with Crippen LogP contribution < -0.4 is 5.43 Å². The predicted molar refractivity (Wildman–Crippen MR) is 117 cm³/mol. The van der Waals surface area contributed by atoms with Gasteiger partial charge in [0.05, 0.1) is 16.4 Å². The Morgan fingerprint density at radius 3 is 2.71 bits per heavy atom. The molecular formula is C21H18N4OS2. The van der Waals surface area contributed by atoms with Gasteiger partial charge in [0.2, 0.25) is 5.13 Å². The van der Waals surface area contributed by atoms with E-state index in [1.165, 1.54) is 23.3 Å². The Bertz CT molecular complexity index is 1130. The molecule has 1 aliphatic carbocycles. The molecule has 140 valence electrons. The second kappa shape index (κ2) is 7.77. The fraction of sp³-hybridized carbons (Fsp3) is 0.190. The van der Waals surface area contributed by atoms with Crippen molar-refractivity contribution in [3.05, 3.63) is 59.0 Å². The lowest BCUT2D eigenvalue weighted by molar-refractivity contribution is 0.490. The monoisotopic (exact) mass is 406 g/mol. The van der Waals surface area contributed by atoms with Crippen molar-refractivity contribution in [2.75, 3.05) is 5.43 Å². The fourth-order valence-corrected chi connectivity index (χ4v) is 5.07. The van der Waals surface area contributed by atoms with Crippen LogP contribution >= 0.6 is 23.1 Å². The molecule has 5 nitrogen and oxygen atoms in total. The van der Waals surface area contributed by atoms with Gasteiger partial charge >= 0.3 is 0 Å². The average molecular weight is 407 g/mol. The minimum Gasteiger partial charge on any atom is -0.431 e. The van der Waals surface area contributed by atoms with Crippen LogP contribution in [0.3, 0.4) is 0 Å². The second-order valence-corrected chi connectivity index (χ2v) is 8.64. The first-order chi connectivity index (χ1) is 13.8. The summed E-state index contributed by atoms with van der Waals surface area (Å²) in [6, 6.07) is 16.0. The zero-order valence-corrected chi connectivity index (χ0v) is 16.7. The van der Waals surface area contributed by atoms with E-state index in [0.717, 1.165) is 39.3 Å². The third-order valence-corrected chi connectivity index (χ3v) is 6.62. The number of nitrogens with zero attached hydrogens (tertiary/aromatic N) is 3. The van der Waals surface area contributed by atoms with Crippen LogP contribution in [-0.4, -0.2) is 16.2 Å². The highest BCUT2D eigenvalue weighted by molar-refractivity contribution is 8.02. The number of aromatic nitrogens is 2. The predicted octanol–water partition coefficient (Wildman–Crippen LogP) is 6.46. The molecule has 2 aromatic heterocycles. The minimum atomic E-state index is 0.697. The summed E-state index contributed by atoms with van der Waals surface area (Å²) >= 11 is 3.23. The summed E-state index contributed by atoms with van der Waals surface area (Å²) in [5.41, 5.74) is 7.04. The van der Waals surface area contributed by atoms with Crippen molar-refractivity contribution in [1.29, 1.82) is 0 Å². The highest BCUT2D eigenvalue weighted by Crippen LogP contribution is 2.37. The minimum absolute atomic E-state index is 0.697. The third kappa shape index (κ3) is 3.68. The first-order valence-corrected chi connectivity index (χ1v) is 10.9. The van der Waals surface area contributed by atoms with E-state index in [1.54, 1.807) is 23.1 Å². The van der Waals surface area contributed by atoms with Gasteiger partial charge in [-0.15, -0.1) is 0 Å². The van der Waals surface area contributed by atoms with Gasteiger partial charge in [-0.2, -0.15) is 5.10 Å². The normalized spacial score (nSPS) is 15.1. The lowest BCUT2D eigenvalue weighted by Crippen LogP contribution is -2.00. The van der Waals surface area contributed by atoms with Crippen LogP contribution in [-0.2, 0) is 0 Å². The van der Waals surface area contributed by atoms with Crippen LogP contribution in [0.25, 0.3) is 21.3 Å². The lowest BCUT2D eigenvalue weighted by atomic mass is 10.0. The average Bonchev–Trinajstić information content (AvgIpc) is 3.32. The number of nitrogens with one attached hydrogen (secondary N) is 1. The SMILES string of the molecule is C(=NNc1nc2ccccc2s1)C1=C(Sc2nc3ccccc3o2)CCCC1. The van der Waals surface area contributed by atoms with Crippen LogP contribution in [0.5, 0.6) is 0 Å². The Morgan fingerprint density at radius 1 is 1.00 bits per heavy atom. The summed E-state index contributed by atoms with van der Waals surface area (Å²) < 4.78 is 7.03. The molecule has 0 unspecified atom stereocenters. The molecular weight excluding hydrogens is 388 g/mol. The Hall–Kier alpha value is -2.64. The summed E-state index contributed by atoms with van der Waals surface area (Å²) in [7, 11) is 0. The molecule has 0 saturated carbocycles. The third-order valence-electron chi connectivity index (χ3n) is 4.62. The number of hydrazone groups is 1. The van der Waals surface area contributed by atoms with Crippen molar-refractivity contribution in [1.82, 2.24) is 9.97 Å². The number of hydrogen-bond acceptors (Lipinski definition) is 7. The Kier molecular flexibility index (Phi) is 4.85. The number of para-hydroxylation sites is 3. The van der Waals surface area contributed by atoms with Gasteiger partial charge in [-0.05, 0) is 72.2 Å². The molecule has 0 fully saturated rings. The summed E-state index contributed by atoms with van der Waals surface area (Å²) in [6.45, 7) is 0. The maximum atomic E-state index is 5.88. The highest BCUT2D eigenvalue weighted by Gasteiger charge is 2.16. The van der Waals surface area contributed by atoms with E-state index < -0.39 is 0 Å². The summed E-state index contributed by atoms with van der Waals surface area (Å²) in [4.78, 5) is 10.4. The van der Waals surface area contributed by atoms with E-state index in [1.807, 2.05) is 48.7 Å². The molecule has 0 radical (unpaired) electrons. The number of hydrogen-bond donors (Lipinski definition) is 1. The van der Waals surface area contributed by atoms with Crippen LogP contribution in [0.4, 0.5) is 5.13 Å². The number of rotatable bonds is 5. The van der Waals surface area contributed by atoms with E-state index in [9.17, 15) is 0 Å². The largest absolute Gasteiger partial charge is 0.431 e. The number of oxazole rings is 1. The number of anilines is 1. The van der Waals surface area contributed by atoms with E-state index in [0.29, 0.717) is 5.22 Å². The summed E-state index contributed by atoms with van der Waals surface area (Å²) in [5, 5.41) is 5.95. The zero-order chi connectivity index (χ0) is 18.8. The molecule has 0 aliphatic heterocycles. The van der Waals surface area contributed by atoms with Gasteiger partial charge in [-0.25, -0.2) is 9.97 Å². The smallest absolute Gasteiger partial charge is 0.261 e. The maximum Gasteiger partial charge on any atom is 0.261 e. The lowest BCUT2D eigenvalue weighted by Gasteiger charge is -2.15. The van der Waals surface area contributed by atoms with Gasteiger partial charge in [0.25, 0.3) is 5.22 Å². The molecule has 0 saturated heterocycles. The molecule has 7 heteroatoms. The van der Waals surface area contributed by atoms with Crippen molar-refractivity contribution >= 4 is 55.8 Å². The standard InChI is InChI=1S/C21H18N4OS2/c1-5-11-18(28-21-24-15-8-2-4-10-17(15)26-21)14(7-1)13-22-25-20-23-16-9-3-6-12-19(16)27-20/h2-4,6,8-10,12-13H,1,5,7,11H2,(H,23,25). The topological polar surface area (TPSA) is 63.3 Å². The van der Waals surface area contributed by atoms with Crippen molar-refractivity contribution in [3.8, 4) is 0 Å². The van der Waals surface area contributed by atoms with Crippen molar-refractivity contribution in [3.63, 3.8) is 0 Å². The van der Waals surface area contributed by atoms with Gasteiger partial charge in [0.1, 0.15) is 5.52 Å². The van der Waals surface area contributed by atoms with Gasteiger partial charge in [-0.1, -0.05) is 35.6 Å². The number of thioether (sulfide) groups is 1. The molecule has 5 rings (SSSR count). The molecule has 0 spiro atoms. The maximum absolute atomic E-state index is 5.88. The van der Waals surface area contributed by atoms with Crippen LogP contribution in [0.2, 0.25) is 0 Å². The molecule has 2 heterocycles. The molecule has 0 bridgehead atoms. The number of allylic oxidation sites excluding steroid dienone is 2. The molecule has 0 amide bonds. The first-order valence-electron chi connectivity index (χ1n) is 9.25. The molecule has 1 N–H and O–H groups in total. The Morgan fingerprint density at radius 2 is 1.82 bits per heavy atom. The molecule has 1 aliphatic rings. The van der Waals surface area contributed by atoms with Crippen molar-refractivity contribution in [2.45, 2.75) is 30.9 Å². The van der Waals surface area contributed by atoms with Gasteiger partial charge in [0, 0.05) is 0 Å². The quantitative estimate of drug-likeness (QED) is 0.304.